The molecule has 1 fully saturated rings. The van der Waals surface area contributed by atoms with Crippen LogP contribution in [0.25, 0.3) is 10.2 Å². The van der Waals surface area contributed by atoms with Crippen molar-refractivity contribution in [1.29, 1.82) is 0 Å². The van der Waals surface area contributed by atoms with E-state index in [-0.39, 0.29) is 17.8 Å². The minimum Gasteiger partial charge on any atom is -0.376 e. The summed E-state index contributed by atoms with van der Waals surface area (Å²) in [6.07, 6.45) is -2.09. The lowest BCUT2D eigenvalue weighted by Crippen LogP contribution is -2.34. The van der Waals surface area contributed by atoms with Gasteiger partial charge in [0.25, 0.3) is 5.91 Å². The van der Waals surface area contributed by atoms with Gasteiger partial charge in [0.1, 0.15) is 5.92 Å². The van der Waals surface area contributed by atoms with Gasteiger partial charge in [0, 0.05) is 12.8 Å². The van der Waals surface area contributed by atoms with Gasteiger partial charge >= 0.3 is 6.18 Å². The maximum absolute atomic E-state index is 13.4. The molecule has 142 valence electrons. The fraction of sp³-hybridized carbons (Fsp3) is 0.412. The molecule has 0 unspecified atom stereocenters. The van der Waals surface area contributed by atoms with Crippen LogP contribution in [0, 0.1) is 5.92 Å². The standard InChI is InChI=1S/C17H15F3N4O2S/c18-17(19,20)14-11(9-21-8-10-4-3-7-26-10)15(25)24(23-14)16-22-12-5-1-2-6-13(12)27-16/h1-2,5-6,9-11H,3-4,7-8H2/t10-,11-/m0/s1. The van der Waals surface area contributed by atoms with Gasteiger partial charge in [0.15, 0.2) is 5.71 Å². The Morgan fingerprint density at radius 3 is 2.89 bits per heavy atom. The molecule has 1 aromatic carbocycles. The average molecular weight is 396 g/mol. The molecule has 1 amide bonds. The zero-order chi connectivity index (χ0) is 19.0. The van der Waals surface area contributed by atoms with E-state index >= 15 is 0 Å². The maximum Gasteiger partial charge on any atom is 0.432 e. The number of alkyl halides is 3. The molecule has 0 N–H and O–H groups in total. The van der Waals surface area contributed by atoms with Crippen LogP contribution >= 0.6 is 11.3 Å². The lowest BCUT2D eigenvalue weighted by Gasteiger charge is -2.10. The Morgan fingerprint density at radius 2 is 2.19 bits per heavy atom. The molecule has 2 aliphatic rings. The molecule has 4 rings (SSSR count). The van der Waals surface area contributed by atoms with E-state index in [9.17, 15) is 18.0 Å². The van der Waals surface area contributed by atoms with E-state index in [1.54, 1.807) is 24.3 Å². The van der Waals surface area contributed by atoms with Crippen LogP contribution in [0.1, 0.15) is 12.8 Å². The molecule has 27 heavy (non-hydrogen) atoms. The number of rotatable bonds is 4. The molecule has 6 nitrogen and oxygen atoms in total. The fourth-order valence-electron chi connectivity index (χ4n) is 3.00. The summed E-state index contributed by atoms with van der Waals surface area (Å²) in [7, 11) is 0. The molecule has 2 atom stereocenters. The maximum atomic E-state index is 13.4. The molecule has 10 heteroatoms. The second-order valence-corrected chi connectivity index (χ2v) is 7.23. The molecule has 0 radical (unpaired) electrons. The summed E-state index contributed by atoms with van der Waals surface area (Å²) in [5, 5.41) is 4.38. The molecule has 0 aliphatic carbocycles. The van der Waals surface area contributed by atoms with Crippen molar-refractivity contribution in [3.63, 3.8) is 0 Å². The van der Waals surface area contributed by atoms with Crippen molar-refractivity contribution in [1.82, 2.24) is 4.98 Å². The van der Waals surface area contributed by atoms with Crippen LogP contribution in [0.15, 0.2) is 34.4 Å². The monoisotopic (exact) mass is 396 g/mol. The minimum atomic E-state index is -4.73. The number of carbonyl (C=O) groups is 1. The summed E-state index contributed by atoms with van der Waals surface area (Å²) < 4.78 is 46.3. The summed E-state index contributed by atoms with van der Waals surface area (Å²) in [6, 6.07) is 7.07. The third kappa shape index (κ3) is 3.59. The Balaban J connectivity index is 1.60. The Bertz CT molecular complexity index is 885. The fourth-order valence-corrected chi connectivity index (χ4v) is 3.92. The summed E-state index contributed by atoms with van der Waals surface area (Å²) in [4.78, 5) is 20.9. The van der Waals surface area contributed by atoms with Gasteiger partial charge in [-0.25, -0.2) is 4.98 Å². The van der Waals surface area contributed by atoms with Gasteiger partial charge in [-0.2, -0.15) is 23.3 Å². The number of halogens is 3. The first-order chi connectivity index (χ1) is 12.9. The predicted octanol–water partition coefficient (Wildman–Crippen LogP) is 3.43. The summed E-state index contributed by atoms with van der Waals surface area (Å²) >= 11 is 1.11. The molecule has 0 bridgehead atoms. The molecule has 0 saturated carbocycles. The second-order valence-electron chi connectivity index (χ2n) is 6.22. The van der Waals surface area contributed by atoms with Crippen molar-refractivity contribution in [2.75, 3.05) is 18.2 Å². The highest BCUT2D eigenvalue weighted by atomic mass is 32.1. The number of ether oxygens (including phenoxy) is 1. The lowest BCUT2D eigenvalue weighted by atomic mass is 10.0. The number of carbonyl (C=O) groups excluding carboxylic acids is 1. The van der Waals surface area contributed by atoms with Gasteiger partial charge < -0.3 is 4.74 Å². The number of aromatic nitrogens is 1. The number of amides is 1. The number of anilines is 1. The predicted molar refractivity (Wildman–Crippen MR) is 96.4 cm³/mol. The van der Waals surface area contributed by atoms with Crippen LogP contribution in [-0.4, -0.2) is 48.2 Å². The van der Waals surface area contributed by atoms with Crippen LogP contribution in [0.4, 0.5) is 18.3 Å². The largest absolute Gasteiger partial charge is 0.432 e. The Hall–Kier alpha value is -2.33. The van der Waals surface area contributed by atoms with E-state index in [4.69, 9.17) is 4.74 Å². The topological polar surface area (TPSA) is 67.2 Å². The lowest BCUT2D eigenvalue weighted by molar-refractivity contribution is -0.119. The van der Waals surface area contributed by atoms with Gasteiger partial charge in [-0.05, 0) is 25.0 Å². The Morgan fingerprint density at radius 1 is 1.37 bits per heavy atom. The molecule has 1 aromatic heterocycles. The SMILES string of the molecule is O=C1[C@@H](C=NC[C@@H]2CCCO2)C(C(F)(F)F)=NN1c1nc2ccccc2s1. The van der Waals surface area contributed by atoms with Crippen molar-refractivity contribution in [2.45, 2.75) is 25.1 Å². The number of hydrazone groups is 1. The van der Waals surface area contributed by atoms with Gasteiger partial charge in [-0.15, -0.1) is 0 Å². The van der Waals surface area contributed by atoms with Gasteiger partial charge in [-0.3, -0.25) is 9.79 Å². The number of aliphatic imine (C=N–C) groups is 1. The first-order valence-electron chi connectivity index (χ1n) is 8.40. The number of thiazole rings is 1. The third-order valence-electron chi connectivity index (χ3n) is 4.32. The first kappa shape index (κ1) is 18.1. The van der Waals surface area contributed by atoms with Crippen LogP contribution in [0.5, 0.6) is 0 Å². The number of benzene rings is 1. The van der Waals surface area contributed by atoms with Crippen molar-refractivity contribution < 1.29 is 22.7 Å². The van der Waals surface area contributed by atoms with E-state index in [2.05, 4.69) is 15.1 Å². The highest BCUT2D eigenvalue weighted by Gasteiger charge is 2.50. The summed E-state index contributed by atoms with van der Waals surface area (Å²) in [6.45, 7) is 0.860. The molecule has 2 aromatic rings. The summed E-state index contributed by atoms with van der Waals surface area (Å²) in [5.41, 5.74) is -0.576. The van der Waals surface area contributed by atoms with E-state index in [1.807, 2.05) is 0 Å². The zero-order valence-corrected chi connectivity index (χ0v) is 14.8. The van der Waals surface area contributed by atoms with Crippen LogP contribution in [0.2, 0.25) is 0 Å². The normalized spacial score (nSPS) is 23.7. The number of fused-ring (bicyclic) bond motifs is 1. The van der Waals surface area contributed by atoms with Crippen LogP contribution in [-0.2, 0) is 9.53 Å². The van der Waals surface area contributed by atoms with Gasteiger partial charge in [0.2, 0.25) is 5.13 Å². The average Bonchev–Trinajstić information content (AvgIpc) is 3.33. The van der Waals surface area contributed by atoms with Crippen molar-refractivity contribution in [3.8, 4) is 0 Å². The number of hydrogen-bond donors (Lipinski definition) is 0. The van der Waals surface area contributed by atoms with Crippen molar-refractivity contribution in [2.24, 2.45) is 16.0 Å². The quantitative estimate of drug-likeness (QED) is 0.744. The van der Waals surface area contributed by atoms with E-state index in [0.29, 0.717) is 12.1 Å². The summed E-state index contributed by atoms with van der Waals surface area (Å²) in [5.74, 6) is -2.38. The van der Waals surface area contributed by atoms with E-state index in [1.165, 1.54) is 0 Å². The first-order valence-corrected chi connectivity index (χ1v) is 9.22. The van der Waals surface area contributed by atoms with Gasteiger partial charge in [0.05, 0.1) is 22.9 Å². The zero-order valence-electron chi connectivity index (χ0n) is 14.0. The Labute approximate surface area is 156 Å². The highest BCUT2D eigenvalue weighted by molar-refractivity contribution is 7.22. The second kappa shape index (κ2) is 7.01. The molecular formula is C17H15F3N4O2S. The smallest absolute Gasteiger partial charge is 0.376 e. The van der Waals surface area contributed by atoms with E-state index in [0.717, 1.165) is 40.1 Å². The number of para-hydroxylation sites is 1. The van der Waals surface area contributed by atoms with E-state index < -0.39 is 23.7 Å². The highest BCUT2D eigenvalue weighted by Crippen LogP contribution is 2.35. The molecule has 1 saturated heterocycles. The van der Waals surface area contributed by atoms with Crippen LogP contribution in [0.3, 0.4) is 0 Å². The van der Waals surface area contributed by atoms with Crippen molar-refractivity contribution >= 4 is 44.5 Å². The molecule has 3 heterocycles. The van der Waals surface area contributed by atoms with Gasteiger partial charge in [-0.1, -0.05) is 23.5 Å². The molecule has 0 spiro atoms. The third-order valence-corrected chi connectivity index (χ3v) is 5.33. The molecular weight excluding hydrogens is 381 g/mol. The minimum absolute atomic E-state index is 0.107. The number of nitrogens with zero attached hydrogens (tertiary/aromatic N) is 4. The van der Waals surface area contributed by atoms with Crippen molar-refractivity contribution in [3.05, 3.63) is 24.3 Å². The molecule has 2 aliphatic heterocycles. The Kier molecular flexibility index (Phi) is 4.68. The number of hydrogen-bond acceptors (Lipinski definition) is 6. The van der Waals surface area contributed by atoms with Crippen LogP contribution < -0.4 is 5.01 Å².